The number of hydrogen-bond donors (Lipinski definition) is 1. The number of anilines is 2. The molecule has 2 aliphatic rings. The summed E-state index contributed by atoms with van der Waals surface area (Å²) in [5.74, 6) is 0.801. The second-order valence-electron chi connectivity index (χ2n) is 9.93. The Morgan fingerprint density at radius 1 is 0.973 bits per heavy atom. The minimum atomic E-state index is -2.62. The molecular formula is C29H27BrN5PS. The van der Waals surface area contributed by atoms with E-state index in [1.807, 2.05) is 60.3 Å². The summed E-state index contributed by atoms with van der Waals surface area (Å²) in [5.41, 5.74) is 6.28. The smallest absolute Gasteiger partial charge is 0.166 e. The molecular weight excluding hydrogens is 561 g/mol. The van der Waals surface area contributed by atoms with E-state index in [1.165, 1.54) is 16.9 Å². The maximum absolute atomic E-state index is 6.76. The largest absolute Gasteiger partial charge is 0.350 e. The van der Waals surface area contributed by atoms with Crippen LogP contribution in [0.25, 0.3) is 5.69 Å². The summed E-state index contributed by atoms with van der Waals surface area (Å²) >= 11 is 10.4. The molecule has 37 heavy (non-hydrogen) atoms. The van der Waals surface area contributed by atoms with Crippen LogP contribution in [0.15, 0.2) is 99.3 Å². The van der Waals surface area contributed by atoms with Crippen LogP contribution in [0.2, 0.25) is 0 Å². The van der Waals surface area contributed by atoms with Gasteiger partial charge in [0, 0.05) is 45.5 Å². The molecule has 5 nitrogen and oxygen atoms in total. The third-order valence-electron chi connectivity index (χ3n) is 7.19. The second kappa shape index (κ2) is 8.80. The summed E-state index contributed by atoms with van der Waals surface area (Å²) in [6, 6.07) is 26.9. The van der Waals surface area contributed by atoms with Crippen molar-refractivity contribution in [3.63, 3.8) is 0 Å². The first kappa shape index (κ1) is 24.4. The van der Waals surface area contributed by atoms with Gasteiger partial charge in [-0.25, -0.2) is 9.67 Å². The molecule has 8 heteroatoms. The van der Waals surface area contributed by atoms with Crippen LogP contribution in [0.5, 0.6) is 0 Å². The van der Waals surface area contributed by atoms with Crippen molar-refractivity contribution in [1.82, 2.24) is 9.78 Å². The number of benzene rings is 3. The quantitative estimate of drug-likeness (QED) is 0.253. The van der Waals surface area contributed by atoms with Crippen LogP contribution >= 0.6 is 22.1 Å². The van der Waals surface area contributed by atoms with Gasteiger partial charge in [-0.15, -0.1) is 0 Å². The van der Waals surface area contributed by atoms with E-state index in [-0.39, 0.29) is 5.41 Å². The third kappa shape index (κ3) is 3.75. The van der Waals surface area contributed by atoms with Crippen molar-refractivity contribution in [1.29, 1.82) is 0 Å². The van der Waals surface area contributed by atoms with Gasteiger partial charge in [0.2, 0.25) is 0 Å². The van der Waals surface area contributed by atoms with E-state index in [2.05, 4.69) is 83.2 Å². The van der Waals surface area contributed by atoms with Crippen LogP contribution < -0.4 is 15.3 Å². The highest BCUT2D eigenvalue weighted by Crippen LogP contribution is 2.62. The van der Waals surface area contributed by atoms with E-state index in [1.54, 1.807) is 0 Å². The lowest BCUT2D eigenvalue weighted by molar-refractivity contribution is 0.639. The van der Waals surface area contributed by atoms with E-state index in [4.69, 9.17) is 21.9 Å². The molecule has 0 radical (unpaired) electrons. The predicted molar refractivity (Wildman–Crippen MR) is 163 cm³/mol. The third-order valence-corrected chi connectivity index (χ3v) is 11.8. The highest BCUT2D eigenvalue weighted by molar-refractivity contribution is 9.10. The number of fused-ring (bicyclic) bond motifs is 2. The molecule has 0 saturated heterocycles. The summed E-state index contributed by atoms with van der Waals surface area (Å²) < 4.78 is 2.92. The zero-order valence-corrected chi connectivity index (χ0v) is 24.4. The number of aromatic nitrogens is 2. The number of nitrogens with one attached hydrogen (secondary N) is 1. The fraction of sp³-hybridized carbons (Fsp3) is 0.172. The zero-order chi connectivity index (χ0) is 25.9. The van der Waals surface area contributed by atoms with Crippen molar-refractivity contribution in [2.75, 3.05) is 17.0 Å². The van der Waals surface area contributed by atoms with E-state index in [0.717, 1.165) is 38.0 Å². The van der Waals surface area contributed by atoms with Gasteiger partial charge in [-0.3, -0.25) is 0 Å². The molecule has 0 aliphatic carbocycles. The number of aryl methyl sites for hydroxylation is 1. The molecule has 2 aliphatic heterocycles. The molecule has 0 bridgehead atoms. The van der Waals surface area contributed by atoms with Crippen LogP contribution in [-0.4, -0.2) is 23.0 Å². The summed E-state index contributed by atoms with van der Waals surface area (Å²) in [6.45, 7) is 6.60. The number of nitrogens with zero attached hydrogens (tertiary/aromatic N) is 4. The monoisotopic (exact) mass is 587 g/mol. The molecule has 0 saturated carbocycles. The number of aliphatic imine (C=N–C) groups is 1. The molecule has 0 spiro atoms. The fourth-order valence-electron chi connectivity index (χ4n) is 5.58. The summed E-state index contributed by atoms with van der Waals surface area (Å²) in [4.78, 5) is 7.33. The van der Waals surface area contributed by atoms with Crippen molar-refractivity contribution in [2.24, 2.45) is 4.99 Å². The zero-order valence-electron chi connectivity index (χ0n) is 21.1. The van der Waals surface area contributed by atoms with Gasteiger partial charge in [0.1, 0.15) is 0 Å². The SMILES string of the molecule is Cc1nn(-c2ccccc2)c2c1[P@@](=S)(Nc1cccc(Br)c1)/C(=C1/N(C)c3ccccc3C1(C)C)C=N2. The maximum Gasteiger partial charge on any atom is 0.166 e. The highest BCUT2D eigenvalue weighted by atomic mass is 79.9. The van der Waals surface area contributed by atoms with Gasteiger partial charge in [0.15, 0.2) is 5.82 Å². The normalized spacial score (nSPS) is 21.6. The average Bonchev–Trinajstić information content (AvgIpc) is 3.32. The van der Waals surface area contributed by atoms with Crippen LogP contribution in [0.1, 0.15) is 25.1 Å². The topological polar surface area (TPSA) is 45.5 Å². The van der Waals surface area contributed by atoms with E-state index in [0.29, 0.717) is 0 Å². The van der Waals surface area contributed by atoms with Crippen molar-refractivity contribution in [3.05, 3.63) is 106 Å². The van der Waals surface area contributed by atoms with Gasteiger partial charge in [-0.2, -0.15) is 5.10 Å². The Morgan fingerprint density at radius 3 is 2.43 bits per heavy atom. The minimum Gasteiger partial charge on any atom is -0.350 e. The number of likely N-dealkylation sites (N-methyl/N-ethyl adjacent to an activating group) is 1. The number of para-hydroxylation sites is 2. The van der Waals surface area contributed by atoms with Gasteiger partial charge >= 0.3 is 0 Å². The first-order chi connectivity index (χ1) is 17.7. The van der Waals surface area contributed by atoms with Gasteiger partial charge in [-0.05, 0) is 48.9 Å². The molecule has 1 aromatic heterocycles. The Balaban J connectivity index is 1.64. The van der Waals surface area contributed by atoms with Crippen LogP contribution in [-0.2, 0) is 17.2 Å². The van der Waals surface area contributed by atoms with Gasteiger partial charge < -0.3 is 9.99 Å². The molecule has 1 N–H and O–H groups in total. The summed E-state index contributed by atoms with van der Waals surface area (Å²) in [6.07, 6.45) is -0.625. The Hall–Kier alpha value is -2.99. The molecule has 186 valence electrons. The molecule has 6 rings (SSSR count). The molecule has 0 fully saturated rings. The fourth-order valence-corrected chi connectivity index (χ4v) is 10.2. The van der Waals surface area contributed by atoms with E-state index < -0.39 is 6.19 Å². The predicted octanol–water partition coefficient (Wildman–Crippen LogP) is 7.43. The summed E-state index contributed by atoms with van der Waals surface area (Å²) in [5, 5.41) is 10.9. The molecule has 3 heterocycles. The Labute approximate surface area is 231 Å². The first-order valence-electron chi connectivity index (χ1n) is 12.1. The van der Waals surface area contributed by atoms with Crippen molar-refractivity contribution >= 4 is 62.6 Å². The van der Waals surface area contributed by atoms with Crippen LogP contribution in [0.4, 0.5) is 17.2 Å². The molecule has 4 aromatic rings. The Bertz CT molecular complexity index is 1650. The molecule has 0 unspecified atom stereocenters. The van der Waals surface area contributed by atoms with E-state index >= 15 is 0 Å². The van der Waals surface area contributed by atoms with Crippen molar-refractivity contribution in [2.45, 2.75) is 26.2 Å². The molecule has 3 aromatic carbocycles. The standard InChI is InChI=1S/C29H27BrN5PS/c1-19-26-28(35(32-19)22-13-6-5-7-14-22)31-18-25(36(26,37)33-21-12-10-11-20(30)17-21)27-29(2,3)23-15-8-9-16-24(23)34(27)4/h5-18H,1-4H3,(H,33,37)/b27-25+/t36-/m1/s1. The van der Waals surface area contributed by atoms with Crippen molar-refractivity contribution < 1.29 is 0 Å². The number of rotatable bonds is 3. The van der Waals surface area contributed by atoms with Crippen LogP contribution in [0, 0.1) is 6.92 Å². The first-order valence-corrected chi connectivity index (χ1v) is 15.7. The summed E-state index contributed by atoms with van der Waals surface area (Å²) in [7, 11) is 2.14. The van der Waals surface area contributed by atoms with Gasteiger partial charge in [0.25, 0.3) is 0 Å². The second-order valence-corrected chi connectivity index (χ2v) is 14.9. The lowest BCUT2D eigenvalue weighted by Crippen LogP contribution is -2.29. The minimum absolute atomic E-state index is 0.240. The van der Waals surface area contributed by atoms with Crippen LogP contribution in [0.3, 0.4) is 0 Å². The highest BCUT2D eigenvalue weighted by Gasteiger charge is 2.45. The maximum atomic E-state index is 6.76. The van der Waals surface area contributed by atoms with Gasteiger partial charge in [-0.1, -0.05) is 84.0 Å². The molecule has 0 amide bonds. The average molecular weight is 589 g/mol. The van der Waals surface area contributed by atoms with E-state index in [9.17, 15) is 0 Å². The Kier molecular flexibility index (Phi) is 5.79. The Morgan fingerprint density at radius 2 is 1.70 bits per heavy atom. The van der Waals surface area contributed by atoms with Gasteiger partial charge in [0.05, 0.1) is 22.9 Å². The number of halogens is 1. The number of hydrogen-bond acceptors (Lipinski definition) is 4. The number of allylic oxidation sites excluding steroid dienone is 2. The van der Waals surface area contributed by atoms with Crippen molar-refractivity contribution in [3.8, 4) is 5.69 Å². The lowest BCUT2D eigenvalue weighted by Gasteiger charge is -2.35. The molecule has 1 atom stereocenters. The lowest BCUT2D eigenvalue weighted by atomic mass is 9.84.